The van der Waals surface area contributed by atoms with E-state index >= 15 is 0 Å². The fourth-order valence-corrected chi connectivity index (χ4v) is 3.01. The molecule has 3 rings (SSSR count). The highest BCUT2D eigenvalue weighted by Gasteiger charge is 2.29. The zero-order valence-corrected chi connectivity index (χ0v) is 12.6. The maximum atomic E-state index is 12.4. The molecule has 1 amide bonds. The first-order valence-electron chi connectivity index (χ1n) is 7.57. The number of nitrogens with zero attached hydrogens (tertiary/aromatic N) is 2. The monoisotopic (exact) mass is 283 g/mol. The first-order valence-corrected chi connectivity index (χ1v) is 7.57. The molecule has 0 aliphatic heterocycles. The van der Waals surface area contributed by atoms with E-state index in [4.69, 9.17) is 0 Å². The largest absolute Gasteiger partial charge is 0.346 e. The number of amides is 1. The number of hydrogen-bond acceptors (Lipinski definition) is 2. The predicted molar refractivity (Wildman–Crippen MR) is 82.8 cm³/mol. The maximum Gasteiger partial charge on any atom is 0.225 e. The highest BCUT2D eigenvalue weighted by atomic mass is 16.2. The topological polar surface area (TPSA) is 49.0 Å². The SMILES string of the molecule is CCN(C)C(=O)C1CCc2[nH]nc(-c3ccccc3)c2C1. The lowest BCUT2D eigenvalue weighted by Gasteiger charge is -2.26. The fraction of sp³-hybridized carbons (Fsp3) is 0.412. The number of aromatic amines is 1. The molecule has 4 nitrogen and oxygen atoms in total. The van der Waals surface area contributed by atoms with Crippen LogP contribution < -0.4 is 0 Å². The van der Waals surface area contributed by atoms with E-state index in [1.165, 1.54) is 11.3 Å². The van der Waals surface area contributed by atoms with Crippen LogP contribution in [0, 0.1) is 5.92 Å². The number of benzene rings is 1. The minimum Gasteiger partial charge on any atom is -0.346 e. The van der Waals surface area contributed by atoms with Crippen LogP contribution in [0.4, 0.5) is 0 Å². The van der Waals surface area contributed by atoms with E-state index in [9.17, 15) is 4.79 Å². The van der Waals surface area contributed by atoms with Gasteiger partial charge in [0.15, 0.2) is 0 Å². The number of aromatic nitrogens is 2. The lowest BCUT2D eigenvalue weighted by Crippen LogP contribution is -2.35. The summed E-state index contributed by atoms with van der Waals surface area (Å²) in [5.74, 6) is 0.339. The molecule has 1 aliphatic carbocycles. The summed E-state index contributed by atoms with van der Waals surface area (Å²) >= 11 is 0. The molecule has 0 saturated heterocycles. The Hall–Kier alpha value is -2.10. The summed E-state index contributed by atoms with van der Waals surface area (Å²) < 4.78 is 0. The summed E-state index contributed by atoms with van der Waals surface area (Å²) in [4.78, 5) is 14.2. The third-order valence-electron chi connectivity index (χ3n) is 4.39. The van der Waals surface area contributed by atoms with Gasteiger partial charge >= 0.3 is 0 Å². The average molecular weight is 283 g/mol. The Labute approximate surface area is 125 Å². The van der Waals surface area contributed by atoms with Crippen LogP contribution >= 0.6 is 0 Å². The first kappa shape index (κ1) is 13.9. The molecule has 21 heavy (non-hydrogen) atoms. The van der Waals surface area contributed by atoms with Crippen molar-refractivity contribution < 1.29 is 4.79 Å². The van der Waals surface area contributed by atoms with Crippen LogP contribution in [0.15, 0.2) is 30.3 Å². The Bertz CT molecular complexity index is 633. The van der Waals surface area contributed by atoms with E-state index < -0.39 is 0 Å². The predicted octanol–water partition coefficient (Wildman–Crippen LogP) is 2.66. The van der Waals surface area contributed by atoms with Crippen molar-refractivity contribution >= 4 is 5.91 Å². The first-order chi connectivity index (χ1) is 10.2. The van der Waals surface area contributed by atoms with Crippen LogP contribution in [0.2, 0.25) is 0 Å². The quantitative estimate of drug-likeness (QED) is 0.941. The van der Waals surface area contributed by atoms with Gasteiger partial charge in [-0.05, 0) is 26.2 Å². The van der Waals surface area contributed by atoms with E-state index in [1.807, 2.05) is 37.1 Å². The van der Waals surface area contributed by atoms with Crippen LogP contribution in [-0.4, -0.2) is 34.6 Å². The third-order valence-corrected chi connectivity index (χ3v) is 4.39. The second-order valence-electron chi connectivity index (χ2n) is 5.69. The molecule has 1 N–H and O–H groups in total. The molecule has 4 heteroatoms. The molecule has 0 fully saturated rings. The molecule has 0 radical (unpaired) electrons. The number of nitrogens with one attached hydrogen (secondary N) is 1. The Morgan fingerprint density at radius 3 is 2.86 bits per heavy atom. The summed E-state index contributed by atoms with van der Waals surface area (Å²) in [6.45, 7) is 2.78. The lowest BCUT2D eigenvalue weighted by molar-refractivity contribution is -0.134. The normalized spacial score (nSPS) is 17.3. The van der Waals surface area contributed by atoms with E-state index in [-0.39, 0.29) is 11.8 Å². The zero-order valence-electron chi connectivity index (χ0n) is 12.6. The van der Waals surface area contributed by atoms with Gasteiger partial charge in [0.1, 0.15) is 0 Å². The summed E-state index contributed by atoms with van der Waals surface area (Å²) in [5, 5.41) is 7.63. The van der Waals surface area contributed by atoms with Gasteiger partial charge in [0, 0.05) is 36.3 Å². The molecule has 1 atom stereocenters. The molecular formula is C17H21N3O. The van der Waals surface area contributed by atoms with Gasteiger partial charge in [-0.25, -0.2) is 0 Å². The summed E-state index contributed by atoms with van der Waals surface area (Å²) in [5.41, 5.74) is 4.53. The van der Waals surface area contributed by atoms with E-state index in [2.05, 4.69) is 22.3 Å². The van der Waals surface area contributed by atoms with Gasteiger partial charge in [-0.1, -0.05) is 30.3 Å². The highest BCUT2D eigenvalue weighted by Crippen LogP contribution is 2.32. The minimum absolute atomic E-state index is 0.0857. The van der Waals surface area contributed by atoms with Crippen molar-refractivity contribution in [3.8, 4) is 11.3 Å². The van der Waals surface area contributed by atoms with Gasteiger partial charge in [0.2, 0.25) is 5.91 Å². The van der Waals surface area contributed by atoms with E-state index in [1.54, 1.807) is 0 Å². The number of carbonyl (C=O) groups excluding carboxylic acids is 1. The van der Waals surface area contributed by atoms with Crippen LogP contribution in [-0.2, 0) is 17.6 Å². The van der Waals surface area contributed by atoms with Crippen molar-refractivity contribution in [1.29, 1.82) is 0 Å². The van der Waals surface area contributed by atoms with Crippen LogP contribution in [0.5, 0.6) is 0 Å². The minimum atomic E-state index is 0.0857. The molecule has 1 aromatic carbocycles. The van der Waals surface area contributed by atoms with Gasteiger partial charge in [-0.2, -0.15) is 5.10 Å². The van der Waals surface area contributed by atoms with E-state index in [0.717, 1.165) is 37.1 Å². The number of rotatable bonds is 3. The van der Waals surface area contributed by atoms with E-state index in [0.29, 0.717) is 0 Å². The summed E-state index contributed by atoms with van der Waals surface area (Å²) in [6.07, 6.45) is 2.61. The van der Waals surface area contributed by atoms with Crippen molar-refractivity contribution in [2.24, 2.45) is 5.92 Å². The van der Waals surface area contributed by atoms with Crippen molar-refractivity contribution in [3.63, 3.8) is 0 Å². The number of fused-ring (bicyclic) bond motifs is 1. The highest BCUT2D eigenvalue weighted by molar-refractivity contribution is 5.80. The third kappa shape index (κ3) is 2.58. The Morgan fingerprint density at radius 1 is 1.38 bits per heavy atom. The van der Waals surface area contributed by atoms with Gasteiger partial charge < -0.3 is 4.90 Å². The van der Waals surface area contributed by atoms with Crippen LogP contribution in [0.1, 0.15) is 24.6 Å². The Kier molecular flexibility index (Phi) is 3.78. The van der Waals surface area contributed by atoms with Crippen molar-refractivity contribution in [1.82, 2.24) is 15.1 Å². The van der Waals surface area contributed by atoms with Crippen LogP contribution in [0.25, 0.3) is 11.3 Å². The summed E-state index contributed by atoms with van der Waals surface area (Å²) in [7, 11) is 1.88. The smallest absolute Gasteiger partial charge is 0.225 e. The molecule has 1 heterocycles. The molecule has 0 bridgehead atoms. The van der Waals surface area contributed by atoms with Gasteiger partial charge in [0.25, 0.3) is 0 Å². The Balaban J connectivity index is 1.88. The average Bonchev–Trinajstić information content (AvgIpc) is 2.97. The standard InChI is InChI=1S/C17H21N3O/c1-3-20(2)17(21)13-9-10-15-14(11-13)16(19-18-15)12-7-5-4-6-8-12/h4-8,13H,3,9-11H2,1-2H3,(H,18,19). The molecule has 110 valence electrons. The Morgan fingerprint density at radius 2 is 2.14 bits per heavy atom. The maximum absolute atomic E-state index is 12.4. The molecule has 1 aromatic heterocycles. The van der Waals surface area contributed by atoms with Gasteiger partial charge in [0.05, 0.1) is 5.69 Å². The fourth-order valence-electron chi connectivity index (χ4n) is 3.01. The second kappa shape index (κ2) is 5.72. The van der Waals surface area contributed by atoms with Gasteiger partial charge in [-0.3, -0.25) is 9.89 Å². The number of hydrogen-bond donors (Lipinski definition) is 1. The number of H-pyrrole nitrogens is 1. The van der Waals surface area contributed by atoms with Crippen molar-refractivity contribution in [2.75, 3.05) is 13.6 Å². The molecular weight excluding hydrogens is 262 g/mol. The van der Waals surface area contributed by atoms with Gasteiger partial charge in [-0.15, -0.1) is 0 Å². The molecule has 2 aromatic rings. The van der Waals surface area contributed by atoms with Crippen molar-refractivity contribution in [2.45, 2.75) is 26.2 Å². The molecule has 0 spiro atoms. The van der Waals surface area contributed by atoms with Crippen LogP contribution in [0.3, 0.4) is 0 Å². The summed E-state index contributed by atoms with van der Waals surface area (Å²) in [6, 6.07) is 10.2. The van der Waals surface area contributed by atoms with Crippen molar-refractivity contribution in [3.05, 3.63) is 41.6 Å². The zero-order chi connectivity index (χ0) is 14.8. The lowest BCUT2D eigenvalue weighted by atomic mass is 9.84. The second-order valence-corrected chi connectivity index (χ2v) is 5.69. The molecule has 0 saturated carbocycles. The molecule has 1 unspecified atom stereocenters. The number of carbonyl (C=O) groups is 1. The molecule has 1 aliphatic rings. The number of aryl methyl sites for hydroxylation is 1.